The zero-order chi connectivity index (χ0) is 18.8. The van der Waals surface area contributed by atoms with Crippen molar-refractivity contribution in [2.75, 3.05) is 20.6 Å². The van der Waals surface area contributed by atoms with Crippen LogP contribution in [0.15, 0.2) is 0 Å². The van der Waals surface area contributed by atoms with E-state index in [2.05, 4.69) is 25.9 Å². The topological polar surface area (TPSA) is 29.5 Å². The Kier molecular flexibility index (Phi) is 17.8. The van der Waals surface area contributed by atoms with Gasteiger partial charge in [-0.25, -0.2) is 0 Å². The van der Waals surface area contributed by atoms with Crippen molar-refractivity contribution in [2.45, 2.75) is 116 Å². The minimum atomic E-state index is -0.140. The van der Waals surface area contributed by atoms with Crippen molar-refractivity contribution < 1.29 is 9.53 Å². The SMILES string of the molecule is CCCCCCCCCCCCCCC[C@@H](CCN(C)C)OC(C)=O. The van der Waals surface area contributed by atoms with E-state index in [0.717, 1.165) is 19.4 Å². The highest BCUT2D eigenvalue weighted by Gasteiger charge is 2.12. The highest BCUT2D eigenvalue weighted by molar-refractivity contribution is 5.66. The molecule has 0 amide bonds. The van der Waals surface area contributed by atoms with Gasteiger partial charge in [0.1, 0.15) is 6.10 Å². The zero-order valence-electron chi connectivity index (χ0n) is 17.7. The van der Waals surface area contributed by atoms with Crippen LogP contribution in [0, 0.1) is 0 Å². The van der Waals surface area contributed by atoms with Crippen LogP contribution in [0.25, 0.3) is 0 Å². The molecule has 0 N–H and O–H groups in total. The fourth-order valence-corrected chi connectivity index (χ4v) is 3.29. The summed E-state index contributed by atoms with van der Waals surface area (Å²) < 4.78 is 5.44. The quantitative estimate of drug-likeness (QED) is 0.212. The lowest BCUT2D eigenvalue weighted by atomic mass is 10.0. The van der Waals surface area contributed by atoms with Gasteiger partial charge in [0.25, 0.3) is 0 Å². The van der Waals surface area contributed by atoms with Crippen LogP contribution < -0.4 is 0 Å². The van der Waals surface area contributed by atoms with E-state index in [4.69, 9.17) is 4.74 Å². The fourth-order valence-electron chi connectivity index (χ4n) is 3.29. The van der Waals surface area contributed by atoms with E-state index in [1.54, 1.807) is 0 Å². The lowest BCUT2D eigenvalue weighted by molar-refractivity contribution is -0.147. The molecule has 0 radical (unpaired) electrons. The Bertz CT molecular complexity index is 292. The van der Waals surface area contributed by atoms with Gasteiger partial charge in [-0.3, -0.25) is 4.79 Å². The Morgan fingerprint density at radius 2 is 1.20 bits per heavy atom. The van der Waals surface area contributed by atoms with Crippen LogP contribution in [-0.2, 0) is 9.53 Å². The summed E-state index contributed by atoms with van der Waals surface area (Å²) in [4.78, 5) is 13.3. The van der Waals surface area contributed by atoms with Crippen LogP contribution in [0.2, 0.25) is 0 Å². The van der Waals surface area contributed by atoms with Gasteiger partial charge < -0.3 is 9.64 Å². The first-order valence-corrected chi connectivity index (χ1v) is 10.9. The molecule has 0 aliphatic rings. The maximum Gasteiger partial charge on any atom is 0.302 e. The van der Waals surface area contributed by atoms with Crippen molar-refractivity contribution in [2.24, 2.45) is 0 Å². The lowest BCUT2D eigenvalue weighted by Gasteiger charge is -2.19. The molecule has 0 aliphatic heterocycles. The van der Waals surface area contributed by atoms with Crippen molar-refractivity contribution >= 4 is 5.97 Å². The van der Waals surface area contributed by atoms with Crippen LogP contribution in [0.5, 0.6) is 0 Å². The molecule has 0 bridgehead atoms. The molecule has 0 aromatic heterocycles. The molecular weight excluding hydrogens is 310 g/mol. The minimum Gasteiger partial charge on any atom is -0.463 e. The number of unbranched alkanes of at least 4 members (excludes halogenated alkanes) is 12. The first kappa shape index (κ1) is 24.4. The van der Waals surface area contributed by atoms with Crippen LogP contribution in [0.4, 0.5) is 0 Å². The van der Waals surface area contributed by atoms with E-state index < -0.39 is 0 Å². The molecule has 3 heteroatoms. The number of hydrogen-bond acceptors (Lipinski definition) is 3. The summed E-state index contributed by atoms with van der Waals surface area (Å²) in [7, 11) is 4.13. The third kappa shape index (κ3) is 19.6. The molecule has 150 valence electrons. The summed E-state index contributed by atoms with van der Waals surface area (Å²) in [6, 6.07) is 0. The first-order valence-electron chi connectivity index (χ1n) is 10.9. The molecule has 0 unspecified atom stereocenters. The Morgan fingerprint density at radius 3 is 1.60 bits per heavy atom. The lowest BCUT2D eigenvalue weighted by Crippen LogP contribution is -2.23. The van der Waals surface area contributed by atoms with Gasteiger partial charge in [-0.05, 0) is 33.4 Å². The summed E-state index contributed by atoms with van der Waals surface area (Å²) in [6.45, 7) is 4.78. The second-order valence-electron chi connectivity index (χ2n) is 7.85. The summed E-state index contributed by atoms with van der Waals surface area (Å²) in [5, 5.41) is 0. The number of rotatable bonds is 18. The molecule has 3 nitrogen and oxygen atoms in total. The molecule has 0 fully saturated rings. The molecule has 0 aromatic rings. The summed E-state index contributed by atoms with van der Waals surface area (Å²) in [5.74, 6) is -0.140. The minimum absolute atomic E-state index is 0.104. The maximum absolute atomic E-state index is 11.2. The third-order valence-electron chi connectivity index (χ3n) is 4.86. The van der Waals surface area contributed by atoms with Gasteiger partial charge in [0.15, 0.2) is 0 Å². The standard InChI is InChI=1S/C22H45NO2/c1-5-6-7-8-9-10-11-12-13-14-15-16-17-18-22(25-21(2)24)19-20-23(3)4/h22H,5-20H2,1-4H3/t22-/m0/s1. The molecule has 0 aromatic carbocycles. The number of ether oxygens (including phenoxy) is 1. The Morgan fingerprint density at radius 1 is 0.760 bits per heavy atom. The number of nitrogens with zero attached hydrogens (tertiary/aromatic N) is 1. The average molecular weight is 356 g/mol. The predicted octanol–water partition coefficient (Wildman–Crippen LogP) is 6.35. The Labute approximate surface area is 157 Å². The fraction of sp³-hybridized carbons (Fsp3) is 0.955. The van der Waals surface area contributed by atoms with Gasteiger partial charge in [-0.15, -0.1) is 0 Å². The molecule has 25 heavy (non-hydrogen) atoms. The summed E-state index contributed by atoms with van der Waals surface area (Å²) in [6.07, 6.45) is 19.9. The molecule has 0 aliphatic carbocycles. The molecule has 1 atom stereocenters. The Balaban J connectivity index is 3.42. The molecule has 0 spiro atoms. The van der Waals surface area contributed by atoms with Crippen molar-refractivity contribution in [3.8, 4) is 0 Å². The molecular formula is C22H45NO2. The largest absolute Gasteiger partial charge is 0.463 e. The maximum atomic E-state index is 11.2. The smallest absolute Gasteiger partial charge is 0.302 e. The molecule has 0 rings (SSSR count). The molecule has 0 heterocycles. The Hall–Kier alpha value is -0.570. The monoisotopic (exact) mass is 355 g/mol. The molecule has 0 saturated carbocycles. The highest BCUT2D eigenvalue weighted by atomic mass is 16.5. The predicted molar refractivity (Wildman–Crippen MR) is 109 cm³/mol. The van der Waals surface area contributed by atoms with Gasteiger partial charge in [0.2, 0.25) is 0 Å². The number of esters is 1. The highest BCUT2D eigenvalue weighted by Crippen LogP contribution is 2.15. The van der Waals surface area contributed by atoms with Gasteiger partial charge in [-0.1, -0.05) is 84.0 Å². The number of carbonyl (C=O) groups is 1. The second kappa shape index (κ2) is 18.2. The normalized spacial score (nSPS) is 12.5. The van der Waals surface area contributed by atoms with Crippen LogP contribution in [0.3, 0.4) is 0 Å². The van der Waals surface area contributed by atoms with Crippen LogP contribution in [0.1, 0.15) is 110 Å². The van der Waals surface area contributed by atoms with Crippen LogP contribution in [-0.4, -0.2) is 37.6 Å². The van der Waals surface area contributed by atoms with Crippen molar-refractivity contribution in [1.82, 2.24) is 4.90 Å². The van der Waals surface area contributed by atoms with Crippen molar-refractivity contribution in [3.05, 3.63) is 0 Å². The third-order valence-corrected chi connectivity index (χ3v) is 4.86. The second-order valence-corrected chi connectivity index (χ2v) is 7.85. The number of hydrogen-bond donors (Lipinski definition) is 0. The summed E-state index contributed by atoms with van der Waals surface area (Å²) in [5.41, 5.74) is 0. The zero-order valence-corrected chi connectivity index (χ0v) is 17.7. The van der Waals surface area contributed by atoms with E-state index in [1.807, 2.05) is 0 Å². The van der Waals surface area contributed by atoms with E-state index in [1.165, 1.54) is 90.4 Å². The average Bonchev–Trinajstić information content (AvgIpc) is 2.56. The van der Waals surface area contributed by atoms with E-state index in [-0.39, 0.29) is 12.1 Å². The number of carbonyl (C=O) groups excluding carboxylic acids is 1. The van der Waals surface area contributed by atoms with Gasteiger partial charge >= 0.3 is 5.97 Å². The van der Waals surface area contributed by atoms with E-state index in [0.29, 0.717) is 0 Å². The van der Waals surface area contributed by atoms with Gasteiger partial charge in [0, 0.05) is 13.5 Å². The summed E-state index contributed by atoms with van der Waals surface area (Å²) >= 11 is 0. The van der Waals surface area contributed by atoms with Crippen molar-refractivity contribution in [3.63, 3.8) is 0 Å². The van der Waals surface area contributed by atoms with E-state index in [9.17, 15) is 4.79 Å². The van der Waals surface area contributed by atoms with E-state index >= 15 is 0 Å². The van der Waals surface area contributed by atoms with Gasteiger partial charge in [0.05, 0.1) is 0 Å². The molecule has 0 saturated heterocycles. The van der Waals surface area contributed by atoms with Crippen molar-refractivity contribution in [1.29, 1.82) is 0 Å². The van der Waals surface area contributed by atoms with Gasteiger partial charge in [-0.2, -0.15) is 0 Å². The van der Waals surface area contributed by atoms with Crippen LogP contribution >= 0.6 is 0 Å². The first-order chi connectivity index (χ1) is 12.1.